The first kappa shape index (κ1) is 14.7. The van der Waals surface area contributed by atoms with Crippen molar-refractivity contribution in [2.75, 3.05) is 0 Å². The number of thiazole rings is 1. The van der Waals surface area contributed by atoms with E-state index >= 15 is 0 Å². The number of nitrogens with zero attached hydrogens (tertiary/aromatic N) is 2. The van der Waals surface area contributed by atoms with E-state index in [9.17, 15) is 4.79 Å². The van der Waals surface area contributed by atoms with Crippen molar-refractivity contribution >= 4 is 17.2 Å². The van der Waals surface area contributed by atoms with E-state index in [1.165, 1.54) is 11.3 Å². The molecular formula is C15H19N3OS. The Bertz CT molecular complexity index is 549. The highest BCUT2D eigenvalue weighted by Crippen LogP contribution is 2.21. The van der Waals surface area contributed by atoms with Crippen LogP contribution in [0.2, 0.25) is 0 Å². The zero-order chi connectivity index (χ0) is 14.4. The van der Waals surface area contributed by atoms with E-state index in [0.29, 0.717) is 6.42 Å². The van der Waals surface area contributed by atoms with Crippen LogP contribution < -0.4 is 5.32 Å². The van der Waals surface area contributed by atoms with Crippen LogP contribution in [0.5, 0.6) is 0 Å². The summed E-state index contributed by atoms with van der Waals surface area (Å²) < 4.78 is 0. The molecule has 2 aromatic heterocycles. The predicted molar refractivity (Wildman–Crippen MR) is 81.6 cm³/mol. The SMILES string of the molecule is CCC(CC)NC(=O)Cc1csc(-c2ccccn2)n1. The highest BCUT2D eigenvalue weighted by Gasteiger charge is 2.12. The van der Waals surface area contributed by atoms with E-state index in [-0.39, 0.29) is 11.9 Å². The van der Waals surface area contributed by atoms with Gasteiger partial charge in [0, 0.05) is 17.6 Å². The molecule has 20 heavy (non-hydrogen) atoms. The summed E-state index contributed by atoms with van der Waals surface area (Å²) in [5.74, 6) is 0.0385. The molecule has 1 amide bonds. The molecule has 0 spiro atoms. The fourth-order valence-corrected chi connectivity index (χ4v) is 2.73. The minimum atomic E-state index is 0.0385. The summed E-state index contributed by atoms with van der Waals surface area (Å²) in [5.41, 5.74) is 1.66. The molecule has 2 aromatic rings. The van der Waals surface area contributed by atoms with E-state index in [2.05, 4.69) is 29.1 Å². The highest BCUT2D eigenvalue weighted by molar-refractivity contribution is 7.13. The van der Waals surface area contributed by atoms with E-state index in [1.54, 1.807) is 6.20 Å². The zero-order valence-corrected chi connectivity index (χ0v) is 12.6. The molecule has 5 heteroatoms. The average Bonchev–Trinajstić information content (AvgIpc) is 2.94. The third kappa shape index (κ3) is 3.87. The molecule has 0 unspecified atom stereocenters. The molecule has 1 N–H and O–H groups in total. The summed E-state index contributed by atoms with van der Waals surface area (Å²) in [6.45, 7) is 4.16. The fourth-order valence-electron chi connectivity index (χ4n) is 1.93. The number of carbonyl (C=O) groups is 1. The summed E-state index contributed by atoms with van der Waals surface area (Å²) in [6, 6.07) is 5.99. The van der Waals surface area contributed by atoms with Crippen molar-refractivity contribution in [2.45, 2.75) is 39.2 Å². The number of aromatic nitrogens is 2. The molecule has 0 radical (unpaired) electrons. The summed E-state index contributed by atoms with van der Waals surface area (Å²) in [5, 5.41) is 5.81. The van der Waals surface area contributed by atoms with Gasteiger partial charge in [-0.15, -0.1) is 11.3 Å². The molecule has 0 atom stereocenters. The lowest BCUT2D eigenvalue weighted by molar-refractivity contribution is -0.121. The van der Waals surface area contributed by atoms with Gasteiger partial charge in [-0.25, -0.2) is 4.98 Å². The van der Waals surface area contributed by atoms with E-state index in [4.69, 9.17) is 0 Å². The second kappa shape index (κ2) is 7.14. The van der Waals surface area contributed by atoms with Crippen LogP contribution >= 0.6 is 11.3 Å². The van der Waals surface area contributed by atoms with Gasteiger partial charge in [0.2, 0.25) is 5.91 Å². The van der Waals surface area contributed by atoms with Crippen molar-refractivity contribution in [1.82, 2.24) is 15.3 Å². The van der Waals surface area contributed by atoms with Crippen molar-refractivity contribution < 1.29 is 4.79 Å². The molecule has 106 valence electrons. The summed E-state index contributed by atoms with van der Waals surface area (Å²) >= 11 is 1.52. The lowest BCUT2D eigenvalue weighted by Gasteiger charge is -2.13. The van der Waals surface area contributed by atoms with Gasteiger partial charge < -0.3 is 5.32 Å². The molecule has 0 aliphatic heterocycles. The van der Waals surface area contributed by atoms with Gasteiger partial charge in [0.25, 0.3) is 0 Å². The number of carbonyl (C=O) groups excluding carboxylic acids is 1. The molecule has 0 saturated heterocycles. The van der Waals surface area contributed by atoms with Crippen LogP contribution in [0.25, 0.3) is 10.7 Å². The molecule has 4 nitrogen and oxygen atoms in total. The molecule has 2 rings (SSSR count). The Morgan fingerprint density at radius 3 is 2.80 bits per heavy atom. The van der Waals surface area contributed by atoms with Crippen molar-refractivity contribution in [3.05, 3.63) is 35.5 Å². The first-order valence-electron chi connectivity index (χ1n) is 6.88. The fraction of sp³-hybridized carbons (Fsp3) is 0.400. The summed E-state index contributed by atoms with van der Waals surface area (Å²) in [6.07, 6.45) is 3.99. The second-order valence-electron chi connectivity index (χ2n) is 4.62. The third-order valence-corrected chi connectivity index (χ3v) is 4.04. The quantitative estimate of drug-likeness (QED) is 0.889. The summed E-state index contributed by atoms with van der Waals surface area (Å²) in [7, 11) is 0. The molecule has 0 aliphatic rings. The Morgan fingerprint density at radius 2 is 2.15 bits per heavy atom. The lowest BCUT2D eigenvalue weighted by Crippen LogP contribution is -2.34. The molecule has 0 bridgehead atoms. The van der Waals surface area contributed by atoms with Crippen LogP contribution in [-0.2, 0) is 11.2 Å². The zero-order valence-electron chi connectivity index (χ0n) is 11.8. The molecule has 2 heterocycles. The van der Waals surface area contributed by atoms with Gasteiger partial charge in [0.05, 0.1) is 17.8 Å². The van der Waals surface area contributed by atoms with Gasteiger partial charge in [-0.1, -0.05) is 19.9 Å². The number of nitrogens with one attached hydrogen (secondary N) is 1. The maximum absolute atomic E-state index is 11.9. The minimum absolute atomic E-state index is 0.0385. The maximum atomic E-state index is 11.9. The minimum Gasteiger partial charge on any atom is -0.353 e. The predicted octanol–water partition coefficient (Wildman–Crippen LogP) is 3.05. The van der Waals surface area contributed by atoms with Gasteiger partial charge in [0.15, 0.2) is 0 Å². The Morgan fingerprint density at radius 1 is 1.35 bits per heavy atom. The van der Waals surface area contributed by atoms with E-state index in [0.717, 1.165) is 29.2 Å². The largest absolute Gasteiger partial charge is 0.353 e. The molecule has 0 aliphatic carbocycles. The monoisotopic (exact) mass is 289 g/mol. The third-order valence-electron chi connectivity index (χ3n) is 3.13. The molecule has 0 fully saturated rings. The van der Waals surface area contributed by atoms with E-state index in [1.807, 2.05) is 23.6 Å². The Kier molecular flexibility index (Phi) is 5.24. The van der Waals surface area contributed by atoms with Crippen molar-refractivity contribution in [2.24, 2.45) is 0 Å². The standard InChI is InChI=1S/C15H19N3OS/c1-3-11(4-2)17-14(19)9-12-10-20-15(18-12)13-7-5-6-8-16-13/h5-8,10-11H,3-4,9H2,1-2H3,(H,17,19). The van der Waals surface area contributed by atoms with Crippen LogP contribution in [0.1, 0.15) is 32.4 Å². The van der Waals surface area contributed by atoms with Crippen LogP contribution in [0.15, 0.2) is 29.8 Å². The first-order valence-corrected chi connectivity index (χ1v) is 7.76. The lowest BCUT2D eigenvalue weighted by atomic mass is 10.1. The highest BCUT2D eigenvalue weighted by atomic mass is 32.1. The normalized spacial score (nSPS) is 10.8. The Hall–Kier alpha value is -1.75. The topological polar surface area (TPSA) is 54.9 Å². The van der Waals surface area contributed by atoms with Crippen LogP contribution in [0, 0.1) is 0 Å². The van der Waals surface area contributed by atoms with Crippen LogP contribution in [0.3, 0.4) is 0 Å². The Balaban J connectivity index is 1.98. The number of amides is 1. The number of pyridine rings is 1. The van der Waals surface area contributed by atoms with Crippen molar-refractivity contribution in [3.8, 4) is 10.7 Å². The molecule has 0 aromatic carbocycles. The maximum Gasteiger partial charge on any atom is 0.226 e. The van der Waals surface area contributed by atoms with Crippen molar-refractivity contribution in [3.63, 3.8) is 0 Å². The van der Waals surface area contributed by atoms with Gasteiger partial charge in [-0.3, -0.25) is 9.78 Å². The Labute approximate surface area is 123 Å². The van der Waals surface area contributed by atoms with Crippen LogP contribution in [0.4, 0.5) is 0 Å². The molecular weight excluding hydrogens is 270 g/mol. The second-order valence-corrected chi connectivity index (χ2v) is 5.47. The number of hydrogen-bond acceptors (Lipinski definition) is 4. The van der Waals surface area contributed by atoms with Gasteiger partial charge in [-0.05, 0) is 25.0 Å². The van der Waals surface area contributed by atoms with Gasteiger partial charge in [-0.2, -0.15) is 0 Å². The van der Waals surface area contributed by atoms with Gasteiger partial charge in [0.1, 0.15) is 5.01 Å². The number of rotatable bonds is 6. The smallest absolute Gasteiger partial charge is 0.226 e. The van der Waals surface area contributed by atoms with Crippen molar-refractivity contribution in [1.29, 1.82) is 0 Å². The summed E-state index contributed by atoms with van der Waals surface area (Å²) in [4.78, 5) is 20.7. The van der Waals surface area contributed by atoms with Gasteiger partial charge >= 0.3 is 0 Å². The average molecular weight is 289 g/mol. The van der Waals surface area contributed by atoms with Crippen LogP contribution in [-0.4, -0.2) is 21.9 Å². The molecule has 0 saturated carbocycles. The number of hydrogen-bond donors (Lipinski definition) is 1. The first-order chi connectivity index (χ1) is 9.72. The van der Waals surface area contributed by atoms with E-state index < -0.39 is 0 Å².